The van der Waals surface area contributed by atoms with E-state index in [4.69, 9.17) is 4.74 Å². The Bertz CT molecular complexity index is 606. The van der Waals surface area contributed by atoms with Gasteiger partial charge < -0.3 is 9.64 Å². The summed E-state index contributed by atoms with van der Waals surface area (Å²) in [6.07, 6.45) is 0. The maximum atomic E-state index is 11.2. The van der Waals surface area contributed by atoms with Gasteiger partial charge in [0, 0.05) is 6.54 Å². The molecule has 2 N–H and O–H groups in total. The number of aromatic nitrogens is 3. The van der Waals surface area contributed by atoms with E-state index < -0.39 is 0 Å². The molecule has 0 unspecified atom stereocenters. The highest BCUT2D eigenvalue weighted by Gasteiger charge is 2.38. The molecule has 1 atom stereocenters. The molecule has 6 nitrogen and oxygen atoms in total. The zero-order valence-electron chi connectivity index (χ0n) is 10.7. The maximum absolute atomic E-state index is 11.2. The van der Waals surface area contributed by atoms with E-state index in [2.05, 4.69) is 39.1 Å². The van der Waals surface area contributed by atoms with Crippen molar-refractivity contribution in [1.82, 2.24) is 15.2 Å². The first-order chi connectivity index (χ1) is 9.20. The molecule has 1 saturated heterocycles. The van der Waals surface area contributed by atoms with E-state index in [0.29, 0.717) is 25.7 Å². The monoisotopic (exact) mass is 260 g/mol. The summed E-state index contributed by atoms with van der Waals surface area (Å²) in [5.74, 6) is 0.555. The first-order valence-corrected chi connectivity index (χ1v) is 6.26. The number of hydrogen-bond acceptors (Lipinski definition) is 4. The maximum Gasteiger partial charge on any atom is 0.342 e. The third-order valence-electron chi connectivity index (χ3n) is 3.58. The van der Waals surface area contributed by atoms with Crippen molar-refractivity contribution in [2.45, 2.75) is 12.5 Å². The number of nitrogens with one attached hydrogen (secondary N) is 2. The van der Waals surface area contributed by atoms with Crippen LogP contribution in [0.5, 0.6) is 0 Å². The van der Waals surface area contributed by atoms with Crippen LogP contribution in [-0.2, 0) is 10.3 Å². The number of hydrogen-bond donors (Lipinski definition) is 2. The minimum Gasteiger partial charge on any atom is -0.377 e. The molecule has 1 fully saturated rings. The summed E-state index contributed by atoms with van der Waals surface area (Å²) in [6, 6.07) is 10.1. The number of benzene rings is 1. The van der Waals surface area contributed by atoms with Crippen molar-refractivity contribution >= 4 is 5.95 Å². The van der Waals surface area contributed by atoms with Gasteiger partial charge in [-0.3, -0.25) is 4.98 Å². The average Bonchev–Trinajstić information content (AvgIpc) is 2.87. The van der Waals surface area contributed by atoms with Crippen LogP contribution < -0.4 is 10.6 Å². The van der Waals surface area contributed by atoms with Crippen LogP contribution in [0.1, 0.15) is 12.5 Å². The number of nitrogens with zero attached hydrogens (tertiary/aromatic N) is 2. The highest BCUT2D eigenvalue weighted by molar-refractivity contribution is 5.40. The van der Waals surface area contributed by atoms with Crippen molar-refractivity contribution in [3.05, 3.63) is 46.4 Å². The number of rotatable bonds is 2. The SMILES string of the molecule is C[C@]1(c2ccccc2)COCCN1c1n[nH]c(=O)[nH]1. The summed E-state index contributed by atoms with van der Waals surface area (Å²) in [6.45, 7) is 3.96. The Morgan fingerprint density at radius 3 is 2.84 bits per heavy atom. The zero-order valence-corrected chi connectivity index (χ0v) is 10.7. The van der Waals surface area contributed by atoms with Crippen LogP contribution in [0.2, 0.25) is 0 Å². The lowest BCUT2D eigenvalue weighted by Gasteiger charge is -2.44. The lowest BCUT2D eigenvalue weighted by molar-refractivity contribution is 0.0548. The summed E-state index contributed by atoms with van der Waals surface area (Å²) in [5, 5.41) is 6.45. The predicted octanol–water partition coefficient (Wildman–Crippen LogP) is 0.850. The Kier molecular flexibility index (Phi) is 2.87. The van der Waals surface area contributed by atoms with Crippen molar-refractivity contribution in [3.8, 4) is 0 Å². The third-order valence-corrected chi connectivity index (χ3v) is 3.58. The van der Waals surface area contributed by atoms with Gasteiger partial charge in [-0.2, -0.15) is 0 Å². The van der Waals surface area contributed by atoms with E-state index >= 15 is 0 Å². The van der Waals surface area contributed by atoms with E-state index in [1.807, 2.05) is 18.2 Å². The van der Waals surface area contributed by atoms with Crippen LogP contribution in [0.15, 0.2) is 35.1 Å². The molecule has 0 aliphatic carbocycles. The molecule has 0 radical (unpaired) electrons. The lowest BCUT2D eigenvalue weighted by atomic mass is 9.90. The van der Waals surface area contributed by atoms with E-state index in [1.54, 1.807) is 0 Å². The molecular formula is C13H16N4O2. The fraction of sp³-hybridized carbons (Fsp3) is 0.385. The third kappa shape index (κ3) is 2.04. The second-order valence-electron chi connectivity index (χ2n) is 4.85. The van der Waals surface area contributed by atoms with Crippen LogP contribution in [0.3, 0.4) is 0 Å². The summed E-state index contributed by atoms with van der Waals surface area (Å²) >= 11 is 0. The van der Waals surface area contributed by atoms with Crippen molar-refractivity contribution in [1.29, 1.82) is 0 Å². The van der Waals surface area contributed by atoms with Gasteiger partial charge in [-0.25, -0.2) is 9.89 Å². The van der Waals surface area contributed by atoms with Crippen LogP contribution in [-0.4, -0.2) is 34.9 Å². The normalized spacial score (nSPS) is 23.5. The number of H-pyrrole nitrogens is 2. The summed E-state index contributed by atoms with van der Waals surface area (Å²) in [7, 11) is 0. The van der Waals surface area contributed by atoms with E-state index in [1.165, 1.54) is 0 Å². The molecule has 1 aliphatic heterocycles. The van der Waals surface area contributed by atoms with Crippen LogP contribution >= 0.6 is 0 Å². The molecule has 1 aliphatic rings. The second kappa shape index (κ2) is 4.55. The van der Waals surface area contributed by atoms with Crippen LogP contribution in [0, 0.1) is 0 Å². The summed E-state index contributed by atoms with van der Waals surface area (Å²) < 4.78 is 5.63. The molecule has 1 aromatic carbocycles. The summed E-state index contributed by atoms with van der Waals surface area (Å²) in [4.78, 5) is 16.0. The first kappa shape index (κ1) is 12.0. The Hall–Kier alpha value is -2.08. The Balaban J connectivity index is 2.04. The van der Waals surface area contributed by atoms with Crippen molar-refractivity contribution in [2.75, 3.05) is 24.7 Å². The Morgan fingerprint density at radius 1 is 1.37 bits per heavy atom. The van der Waals surface area contributed by atoms with Crippen LogP contribution in [0.4, 0.5) is 5.95 Å². The van der Waals surface area contributed by atoms with Crippen molar-refractivity contribution in [2.24, 2.45) is 0 Å². The van der Waals surface area contributed by atoms with Crippen molar-refractivity contribution in [3.63, 3.8) is 0 Å². The predicted molar refractivity (Wildman–Crippen MR) is 71.2 cm³/mol. The molecule has 0 saturated carbocycles. The number of ether oxygens (including phenoxy) is 1. The standard InChI is InChI=1S/C13H16N4O2/c1-13(10-5-3-2-4-6-10)9-19-8-7-17(13)11-14-12(18)16-15-11/h2-6H,7-9H2,1H3,(H2,14,15,16,18)/t13-/m1/s1. The molecule has 1 aromatic heterocycles. The molecule has 2 heterocycles. The quantitative estimate of drug-likeness (QED) is 0.839. The number of aromatic amines is 2. The highest BCUT2D eigenvalue weighted by Crippen LogP contribution is 2.33. The second-order valence-corrected chi connectivity index (χ2v) is 4.85. The van der Waals surface area contributed by atoms with Gasteiger partial charge in [0.05, 0.1) is 18.8 Å². The van der Waals surface area contributed by atoms with Gasteiger partial charge >= 0.3 is 5.69 Å². The topological polar surface area (TPSA) is 74.0 Å². The van der Waals surface area contributed by atoms with E-state index in [0.717, 1.165) is 5.56 Å². The number of morpholine rings is 1. The van der Waals surface area contributed by atoms with Gasteiger partial charge in [0.2, 0.25) is 5.95 Å². The molecule has 2 aromatic rings. The lowest BCUT2D eigenvalue weighted by Crippen LogP contribution is -2.53. The molecule has 0 amide bonds. The van der Waals surface area contributed by atoms with Crippen molar-refractivity contribution < 1.29 is 4.74 Å². The molecule has 6 heteroatoms. The highest BCUT2D eigenvalue weighted by atomic mass is 16.5. The molecule has 100 valence electrons. The largest absolute Gasteiger partial charge is 0.377 e. The van der Waals surface area contributed by atoms with Gasteiger partial charge in [0.15, 0.2) is 0 Å². The van der Waals surface area contributed by atoms with Gasteiger partial charge in [0.25, 0.3) is 0 Å². The molecule has 0 bridgehead atoms. The van der Waals surface area contributed by atoms with Gasteiger partial charge in [0.1, 0.15) is 0 Å². The number of anilines is 1. The Morgan fingerprint density at radius 2 is 2.16 bits per heavy atom. The van der Waals surface area contributed by atoms with E-state index in [-0.39, 0.29) is 11.2 Å². The molecule has 3 rings (SSSR count). The fourth-order valence-electron chi connectivity index (χ4n) is 2.52. The average molecular weight is 260 g/mol. The first-order valence-electron chi connectivity index (χ1n) is 6.26. The minimum absolute atomic E-state index is 0.295. The Labute approximate surface area is 110 Å². The molecule has 19 heavy (non-hydrogen) atoms. The zero-order chi connectivity index (χ0) is 13.3. The van der Waals surface area contributed by atoms with Gasteiger partial charge in [-0.05, 0) is 12.5 Å². The van der Waals surface area contributed by atoms with Gasteiger partial charge in [-0.1, -0.05) is 30.3 Å². The fourth-order valence-corrected chi connectivity index (χ4v) is 2.52. The molecule has 0 spiro atoms. The minimum atomic E-state index is -0.336. The smallest absolute Gasteiger partial charge is 0.342 e. The molecular weight excluding hydrogens is 244 g/mol. The van der Waals surface area contributed by atoms with E-state index in [9.17, 15) is 4.79 Å². The van der Waals surface area contributed by atoms with Gasteiger partial charge in [-0.15, -0.1) is 5.10 Å². The summed E-state index contributed by atoms with van der Waals surface area (Å²) in [5.41, 5.74) is 0.507. The van der Waals surface area contributed by atoms with Crippen LogP contribution in [0.25, 0.3) is 0 Å².